The smallest absolute Gasteiger partial charge is 0.253 e. The highest BCUT2D eigenvalue weighted by atomic mass is 16.5. The zero-order chi connectivity index (χ0) is 23.7. The van der Waals surface area contributed by atoms with Gasteiger partial charge >= 0.3 is 0 Å². The zero-order valence-electron chi connectivity index (χ0n) is 19.7. The van der Waals surface area contributed by atoms with E-state index in [-0.39, 0.29) is 23.7 Å². The van der Waals surface area contributed by atoms with Gasteiger partial charge in [-0.3, -0.25) is 9.59 Å². The number of carbonyl (C=O) groups excluding carboxylic acids is 2. The molecule has 2 heterocycles. The van der Waals surface area contributed by atoms with E-state index in [0.29, 0.717) is 31.7 Å². The Labute approximate surface area is 201 Å². The summed E-state index contributed by atoms with van der Waals surface area (Å²) in [7, 11) is 1.65. The number of carbonyl (C=O) groups is 2. The Bertz CT molecular complexity index is 1200. The van der Waals surface area contributed by atoms with Crippen LogP contribution in [0, 0.1) is 12.8 Å². The van der Waals surface area contributed by atoms with E-state index in [1.54, 1.807) is 7.11 Å². The van der Waals surface area contributed by atoms with Crippen LogP contribution in [0.4, 0.5) is 0 Å². The first-order valence-electron chi connectivity index (χ1n) is 11.9. The van der Waals surface area contributed by atoms with Crippen molar-refractivity contribution in [2.24, 2.45) is 5.92 Å². The molecule has 0 aromatic heterocycles. The number of ether oxygens (including phenoxy) is 1. The van der Waals surface area contributed by atoms with Gasteiger partial charge in [0.15, 0.2) is 0 Å². The first-order valence-corrected chi connectivity index (χ1v) is 11.9. The van der Waals surface area contributed by atoms with Crippen LogP contribution in [-0.4, -0.2) is 48.4 Å². The molecule has 34 heavy (non-hydrogen) atoms. The fourth-order valence-corrected chi connectivity index (χ4v) is 5.30. The molecule has 174 valence electrons. The van der Waals surface area contributed by atoms with Crippen LogP contribution in [0.2, 0.25) is 0 Å². The number of aryl methyl sites for hydroxylation is 1. The number of hydrogen-bond acceptors (Lipinski definition) is 3. The van der Waals surface area contributed by atoms with E-state index in [0.717, 1.165) is 23.3 Å². The molecule has 2 atom stereocenters. The fraction of sp³-hybridized carbons (Fsp3) is 0.310. The average molecular weight is 455 g/mol. The first-order chi connectivity index (χ1) is 16.5. The van der Waals surface area contributed by atoms with Gasteiger partial charge < -0.3 is 14.5 Å². The van der Waals surface area contributed by atoms with Crippen molar-refractivity contribution in [3.8, 4) is 5.75 Å². The molecule has 2 unspecified atom stereocenters. The van der Waals surface area contributed by atoms with Gasteiger partial charge in [0.2, 0.25) is 5.91 Å². The molecule has 2 aliphatic rings. The highest BCUT2D eigenvalue weighted by Crippen LogP contribution is 2.39. The lowest BCUT2D eigenvalue weighted by molar-refractivity contribution is -0.136. The van der Waals surface area contributed by atoms with Crippen LogP contribution in [0.3, 0.4) is 0 Å². The number of methoxy groups -OCH3 is 1. The predicted octanol–water partition coefficient (Wildman–Crippen LogP) is 4.44. The lowest BCUT2D eigenvalue weighted by Gasteiger charge is -2.32. The minimum atomic E-state index is -0.309. The van der Waals surface area contributed by atoms with E-state index in [1.165, 1.54) is 11.1 Å². The lowest BCUT2D eigenvalue weighted by atomic mass is 9.86. The third kappa shape index (κ3) is 4.18. The van der Waals surface area contributed by atoms with E-state index >= 15 is 0 Å². The van der Waals surface area contributed by atoms with E-state index in [9.17, 15) is 9.59 Å². The maximum Gasteiger partial charge on any atom is 0.253 e. The summed E-state index contributed by atoms with van der Waals surface area (Å²) in [6.07, 6.45) is 0.861. The zero-order valence-corrected chi connectivity index (χ0v) is 19.7. The Morgan fingerprint density at radius 3 is 2.32 bits per heavy atom. The summed E-state index contributed by atoms with van der Waals surface area (Å²) in [4.78, 5) is 31.1. The molecule has 5 rings (SSSR count). The van der Waals surface area contributed by atoms with Crippen molar-refractivity contribution in [1.29, 1.82) is 0 Å². The van der Waals surface area contributed by atoms with Gasteiger partial charge in [-0.05, 0) is 48.2 Å². The molecule has 0 aliphatic carbocycles. The number of amides is 2. The molecule has 2 aliphatic heterocycles. The number of benzene rings is 3. The van der Waals surface area contributed by atoms with Crippen LogP contribution < -0.4 is 4.74 Å². The third-order valence-corrected chi connectivity index (χ3v) is 7.20. The number of para-hydroxylation sites is 1. The molecule has 5 heteroatoms. The van der Waals surface area contributed by atoms with Crippen molar-refractivity contribution in [3.63, 3.8) is 0 Å². The second-order valence-electron chi connectivity index (χ2n) is 9.31. The van der Waals surface area contributed by atoms with E-state index in [4.69, 9.17) is 4.74 Å². The molecule has 0 N–H and O–H groups in total. The van der Waals surface area contributed by atoms with Crippen LogP contribution in [-0.2, 0) is 17.8 Å². The summed E-state index contributed by atoms with van der Waals surface area (Å²) in [6, 6.07) is 23.8. The number of likely N-dealkylation sites (tertiary alicyclic amines) is 1. The number of fused-ring (bicyclic) bond motifs is 1. The van der Waals surface area contributed by atoms with Crippen molar-refractivity contribution in [1.82, 2.24) is 9.80 Å². The van der Waals surface area contributed by atoms with E-state index < -0.39 is 0 Å². The molecule has 0 bridgehead atoms. The first kappa shape index (κ1) is 22.2. The molecule has 1 saturated heterocycles. The topological polar surface area (TPSA) is 49.9 Å². The Morgan fingerprint density at radius 2 is 1.56 bits per heavy atom. The molecule has 0 spiro atoms. The van der Waals surface area contributed by atoms with Crippen LogP contribution in [0.25, 0.3) is 0 Å². The van der Waals surface area contributed by atoms with Gasteiger partial charge in [0.25, 0.3) is 5.91 Å². The van der Waals surface area contributed by atoms with Crippen LogP contribution in [0.15, 0.2) is 72.8 Å². The van der Waals surface area contributed by atoms with Crippen molar-refractivity contribution >= 4 is 11.8 Å². The SMILES string of the molecule is COc1ccccc1C1CN(C(=O)c2ccc(C)cc2)CC1C(=O)N1CCc2ccccc2C1. The molecule has 1 fully saturated rings. The number of hydrogen-bond donors (Lipinski definition) is 0. The molecule has 3 aromatic carbocycles. The van der Waals surface area contributed by atoms with Gasteiger partial charge in [-0.25, -0.2) is 0 Å². The molecular formula is C29H30N2O3. The highest BCUT2D eigenvalue weighted by Gasteiger charge is 2.43. The van der Waals surface area contributed by atoms with Crippen molar-refractivity contribution in [2.45, 2.75) is 25.8 Å². The Kier molecular flexibility index (Phi) is 6.10. The van der Waals surface area contributed by atoms with Gasteiger partial charge in [-0.15, -0.1) is 0 Å². The molecule has 0 saturated carbocycles. The minimum Gasteiger partial charge on any atom is -0.496 e. The molecular weight excluding hydrogens is 424 g/mol. The summed E-state index contributed by atoms with van der Waals surface area (Å²) >= 11 is 0. The summed E-state index contributed by atoms with van der Waals surface area (Å²) < 4.78 is 5.64. The maximum absolute atomic E-state index is 13.9. The van der Waals surface area contributed by atoms with Crippen LogP contribution in [0.1, 0.15) is 38.5 Å². The summed E-state index contributed by atoms with van der Waals surface area (Å²) in [5.41, 5.74) is 5.28. The third-order valence-electron chi connectivity index (χ3n) is 7.20. The second-order valence-corrected chi connectivity index (χ2v) is 9.31. The highest BCUT2D eigenvalue weighted by molar-refractivity contribution is 5.95. The van der Waals surface area contributed by atoms with Crippen LogP contribution >= 0.6 is 0 Å². The van der Waals surface area contributed by atoms with Crippen molar-refractivity contribution in [3.05, 3.63) is 101 Å². The Morgan fingerprint density at radius 1 is 0.853 bits per heavy atom. The predicted molar refractivity (Wildman–Crippen MR) is 132 cm³/mol. The maximum atomic E-state index is 13.9. The van der Waals surface area contributed by atoms with Gasteiger partial charge in [0, 0.05) is 37.7 Å². The van der Waals surface area contributed by atoms with Crippen LogP contribution in [0.5, 0.6) is 5.75 Å². The van der Waals surface area contributed by atoms with Crippen molar-refractivity contribution in [2.75, 3.05) is 26.7 Å². The molecule has 2 amide bonds. The van der Waals surface area contributed by atoms with E-state index in [2.05, 4.69) is 18.2 Å². The fourth-order valence-electron chi connectivity index (χ4n) is 5.30. The lowest BCUT2D eigenvalue weighted by Crippen LogP contribution is -2.42. The molecule has 5 nitrogen and oxygen atoms in total. The van der Waals surface area contributed by atoms with E-state index in [1.807, 2.05) is 71.3 Å². The quantitative estimate of drug-likeness (QED) is 0.586. The number of rotatable bonds is 4. The van der Waals surface area contributed by atoms with Gasteiger partial charge in [-0.2, -0.15) is 0 Å². The second kappa shape index (κ2) is 9.34. The largest absolute Gasteiger partial charge is 0.496 e. The average Bonchev–Trinajstić information content (AvgIpc) is 3.33. The summed E-state index contributed by atoms with van der Waals surface area (Å²) in [5, 5.41) is 0. The van der Waals surface area contributed by atoms with Gasteiger partial charge in [0.1, 0.15) is 5.75 Å². The molecule has 3 aromatic rings. The summed E-state index contributed by atoms with van der Waals surface area (Å²) in [5.74, 6) is 0.425. The normalized spacial score (nSPS) is 19.6. The van der Waals surface area contributed by atoms with Crippen molar-refractivity contribution < 1.29 is 14.3 Å². The number of nitrogens with zero attached hydrogens (tertiary/aromatic N) is 2. The van der Waals surface area contributed by atoms with Gasteiger partial charge in [-0.1, -0.05) is 60.2 Å². The standard InChI is InChI=1S/C29H30N2O3/c1-20-11-13-22(14-12-20)28(32)31-18-25(24-9-5-6-10-27(24)34-2)26(19-31)29(33)30-16-15-21-7-3-4-8-23(21)17-30/h3-14,25-26H,15-19H2,1-2H3. The Hall–Kier alpha value is -3.60. The minimum absolute atomic E-state index is 0.0285. The Balaban J connectivity index is 1.44. The molecule has 0 radical (unpaired) electrons. The summed E-state index contributed by atoms with van der Waals surface area (Å²) in [6.45, 7) is 4.24. The van der Waals surface area contributed by atoms with Gasteiger partial charge in [0.05, 0.1) is 13.0 Å². The monoisotopic (exact) mass is 454 g/mol.